The Hall–Kier alpha value is -0.360. The van der Waals surface area contributed by atoms with Crippen LogP contribution in [-0.4, -0.2) is 16.9 Å². The molecule has 1 rings (SSSR count). The van der Waals surface area contributed by atoms with Crippen molar-refractivity contribution >= 4 is 42.1 Å². The highest BCUT2D eigenvalue weighted by Crippen LogP contribution is 2.26. The molecule has 4 nitrogen and oxygen atoms in total. The molecule has 1 heterocycles. The quantitative estimate of drug-likeness (QED) is 0.894. The van der Waals surface area contributed by atoms with Gasteiger partial charge in [0.25, 0.3) is 0 Å². The molecule has 0 saturated carbocycles. The van der Waals surface area contributed by atoms with Crippen LogP contribution in [0.3, 0.4) is 0 Å². The summed E-state index contributed by atoms with van der Waals surface area (Å²) in [7, 11) is 0. The zero-order valence-electron chi connectivity index (χ0n) is 10.1. The van der Waals surface area contributed by atoms with E-state index in [1.165, 1.54) is 0 Å². The molecule has 0 fully saturated rings. The average Bonchev–Trinajstić information content (AvgIpc) is 2.70. The molecule has 0 aliphatic heterocycles. The molecule has 1 amide bonds. The number of halogens is 2. The lowest BCUT2D eigenvalue weighted by molar-refractivity contribution is -0.123. The minimum atomic E-state index is -0.490. The number of carbonyl (C=O) groups excluding carboxylic acids is 1. The van der Waals surface area contributed by atoms with Crippen molar-refractivity contribution in [3.05, 3.63) is 16.6 Å². The zero-order chi connectivity index (χ0) is 11.5. The fraction of sp³-hybridized carbons (Fsp3) is 0.600. The van der Waals surface area contributed by atoms with E-state index in [1.54, 1.807) is 24.5 Å². The van der Waals surface area contributed by atoms with Crippen LogP contribution in [0, 0.1) is 0 Å². The number of thiazole rings is 1. The van der Waals surface area contributed by atoms with Crippen LogP contribution in [0.15, 0.2) is 11.6 Å². The zero-order valence-corrected chi connectivity index (χ0v) is 12.5. The Balaban J connectivity index is 0. The molecule has 1 aromatic rings. The molecule has 1 aromatic heterocycles. The first-order valence-corrected chi connectivity index (χ1v) is 5.85. The maximum Gasteiger partial charge on any atom is 0.237 e. The van der Waals surface area contributed by atoms with Gasteiger partial charge in [-0.25, -0.2) is 4.98 Å². The van der Waals surface area contributed by atoms with Crippen molar-refractivity contribution in [1.82, 2.24) is 10.3 Å². The van der Waals surface area contributed by atoms with E-state index >= 15 is 0 Å². The van der Waals surface area contributed by atoms with Gasteiger partial charge in [0.15, 0.2) is 0 Å². The summed E-state index contributed by atoms with van der Waals surface area (Å²) in [6, 6.07) is -0.490. The van der Waals surface area contributed by atoms with E-state index in [9.17, 15) is 4.79 Å². The van der Waals surface area contributed by atoms with E-state index in [0.29, 0.717) is 0 Å². The number of nitrogens with zero attached hydrogens (tertiary/aromatic N) is 1. The molecular formula is C10H19Cl2N3OS. The molecule has 0 aromatic carbocycles. The summed E-state index contributed by atoms with van der Waals surface area (Å²) in [5.74, 6) is -0.144. The number of rotatable bonds is 4. The van der Waals surface area contributed by atoms with Crippen molar-refractivity contribution in [3.63, 3.8) is 0 Å². The van der Waals surface area contributed by atoms with Crippen LogP contribution in [0.4, 0.5) is 0 Å². The minimum Gasteiger partial charge on any atom is -0.343 e. The van der Waals surface area contributed by atoms with Gasteiger partial charge in [-0.1, -0.05) is 6.92 Å². The monoisotopic (exact) mass is 299 g/mol. The molecule has 7 heteroatoms. The highest BCUT2D eigenvalue weighted by atomic mass is 35.5. The topological polar surface area (TPSA) is 68.0 Å². The predicted molar refractivity (Wildman–Crippen MR) is 76.0 cm³/mol. The summed E-state index contributed by atoms with van der Waals surface area (Å²) in [5, 5.41) is 5.75. The lowest BCUT2D eigenvalue weighted by Crippen LogP contribution is -2.49. The van der Waals surface area contributed by atoms with Gasteiger partial charge in [-0.05, 0) is 20.3 Å². The highest BCUT2D eigenvalue weighted by molar-refractivity contribution is 7.09. The number of hydrogen-bond acceptors (Lipinski definition) is 4. The molecular weight excluding hydrogens is 281 g/mol. The molecule has 0 bridgehead atoms. The number of nitrogens with two attached hydrogens (primary N) is 1. The summed E-state index contributed by atoms with van der Waals surface area (Å²) >= 11 is 1.54. The van der Waals surface area contributed by atoms with Crippen LogP contribution in [0.25, 0.3) is 0 Å². The SMILES string of the molecule is CCC(C)(NC(=O)C(C)N)c1nccs1.Cl.Cl. The number of hydrogen-bond donors (Lipinski definition) is 2. The fourth-order valence-electron chi connectivity index (χ4n) is 1.17. The molecule has 3 N–H and O–H groups in total. The molecule has 2 unspecified atom stereocenters. The fourth-order valence-corrected chi connectivity index (χ4v) is 2.00. The van der Waals surface area contributed by atoms with Crippen LogP contribution >= 0.6 is 36.2 Å². The van der Waals surface area contributed by atoms with Gasteiger partial charge in [-0.15, -0.1) is 36.2 Å². The third-order valence-corrected chi connectivity index (χ3v) is 3.46. The van der Waals surface area contributed by atoms with E-state index < -0.39 is 11.6 Å². The van der Waals surface area contributed by atoms with Gasteiger partial charge in [0.1, 0.15) is 5.01 Å². The van der Waals surface area contributed by atoms with Crippen LogP contribution in [0.2, 0.25) is 0 Å². The Labute approximate surface area is 118 Å². The van der Waals surface area contributed by atoms with Gasteiger partial charge < -0.3 is 11.1 Å². The van der Waals surface area contributed by atoms with Crippen molar-refractivity contribution in [3.8, 4) is 0 Å². The molecule has 0 aliphatic carbocycles. The first-order chi connectivity index (χ1) is 6.99. The predicted octanol–water partition coefficient (Wildman–Crippen LogP) is 2.08. The molecule has 0 aliphatic rings. The molecule has 17 heavy (non-hydrogen) atoms. The van der Waals surface area contributed by atoms with E-state index in [-0.39, 0.29) is 30.7 Å². The Morgan fingerprint density at radius 3 is 2.59 bits per heavy atom. The van der Waals surface area contributed by atoms with Crippen molar-refractivity contribution < 1.29 is 4.79 Å². The Bertz CT molecular complexity index is 332. The van der Waals surface area contributed by atoms with Crippen molar-refractivity contribution in [2.75, 3.05) is 0 Å². The first-order valence-electron chi connectivity index (χ1n) is 4.97. The van der Waals surface area contributed by atoms with Gasteiger partial charge >= 0.3 is 0 Å². The summed E-state index contributed by atoms with van der Waals surface area (Å²) in [6.45, 7) is 5.66. The largest absolute Gasteiger partial charge is 0.343 e. The lowest BCUT2D eigenvalue weighted by atomic mass is 9.99. The minimum absolute atomic E-state index is 0. The Morgan fingerprint density at radius 1 is 1.65 bits per heavy atom. The summed E-state index contributed by atoms with van der Waals surface area (Å²) in [5.41, 5.74) is 5.12. The lowest BCUT2D eigenvalue weighted by Gasteiger charge is -2.28. The van der Waals surface area contributed by atoms with Gasteiger partial charge in [0.05, 0.1) is 11.6 Å². The second kappa shape index (κ2) is 7.87. The summed E-state index contributed by atoms with van der Waals surface area (Å²) in [6.07, 6.45) is 2.53. The first kappa shape index (κ1) is 19.0. The average molecular weight is 300 g/mol. The number of aromatic nitrogens is 1. The molecule has 0 spiro atoms. The van der Waals surface area contributed by atoms with Gasteiger partial charge in [-0.3, -0.25) is 4.79 Å². The van der Waals surface area contributed by atoms with Crippen LogP contribution < -0.4 is 11.1 Å². The second-order valence-electron chi connectivity index (χ2n) is 3.80. The molecule has 2 atom stereocenters. The molecule has 100 valence electrons. The van der Waals surface area contributed by atoms with Crippen molar-refractivity contribution in [1.29, 1.82) is 0 Å². The third-order valence-electron chi connectivity index (χ3n) is 2.42. The second-order valence-corrected chi connectivity index (χ2v) is 4.70. The maximum absolute atomic E-state index is 11.6. The standard InChI is InChI=1S/C10H17N3OS.2ClH/c1-4-10(3,9-12-5-6-15-9)13-8(14)7(2)11;;/h5-7H,4,11H2,1-3H3,(H,13,14);2*1H. The number of nitrogens with one attached hydrogen (secondary N) is 1. The highest BCUT2D eigenvalue weighted by Gasteiger charge is 2.29. The summed E-state index contributed by atoms with van der Waals surface area (Å²) in [4.78, 5) is 15.8. The number of carbonyl (C=O) groups is 1. The Morgan fingerprint density at radius 2 is 2.24 bits per heavy atom. The van der Waals surface area contributed by atoms with Gasteiger partial charge in [0.2, 0.25) is 5.91 Å². The van der Waals surface area contributed by atoms with Crippen molar-refractivity contribution in [2.45, 2.75) is 38.8 Å². The normalized spacial score (nSPS) is 14.8. The number of amides is 1. The maximum atomic E-state index is 11.6. The van der Waals surface area contributed by atoms with E-state index in [1.807, 2.05) is 19.2 Å². The smallest absolute Gasteiger partial charge is 0.237 e. The van der Waals surface area contributed by atoms with Crippen LogP contribution in [0.1, 0.15) is 32.2 Å². The third kappa shape index (κ3) is 4.79. The van der Waals surface area contributed by atoms with E-state index in [2.05, 4.69) is 10.3 Å². The van der Waals surface area contributed by atoms with E-state index in [0.717, 1.165) is 11.4 Å². The van der Waals surface area contributed by atoms with Crippen LogP contribution in [0.5, 0.6) is 0 Å². The van der Waals surface area contributed by atoms with Crippen molar-refractivity contribution in [2.24, 2.45) is 5.73 Å². The van der Waals surface area contributed by atoms with Gasteiger partial charge in [-0.2, -0.15) is 0 Å². The summed E-state index contributed by atoms with van der Waals surface area (Å²) < 4.78 is 0. The molecule has 0 radical (unpaired) electrons. The van der Waals surface area contributed by atoms with E-state index in [4.69, 9.17) is 5.73 Å². The molecule has 0 saturated heterocycles. The van der Waals surface area contributed by atoms with Gasteiger partial charge in [0, 0.05) is 11.6 Å². The van der Waals surface area contributed by atoms with Crippen LogP contribution in [-0.2, 0) is 10.3 Å². The Kier molecular flexibility index (Phi) is 8.79.